The molecule has 0 unspecified atom stereocenters. The zero-order valence-corrected chi connectivity index (χ0v) is 11.0. The second kappa shape index (κ2) is 6.29. The number of amides is 4. The zero-order chi connectivity index (χ0) is 13.7. The number of thiocarbonyl (C=S) groups is 1. The minimum absolute atomic E-state index is 0.00427. The van der Waals surface area contributed by atoms with E-state index in [9.17, 15) is 14.4 Å². The molecule has 18 heavy (non-hydrogen) atoms. The van der Waals surface area contributed by atoms with Crippen molar-refractivity contribution in [2.75, 3.05) is 26.7 Å². The fourth-order valence-corrected chi connectivity index (χ4v) is 1.57. The van der Waals surface area contributed by atoms with Crippen LogP contribution in [-0.4, -0.2) is 59.3 Å². The first-order chi connectivity index (χ1) is 8.41. The molecule has 7 nitrogen and oxygen atoms in total. The lowest BCUT2D eigenvalue weighted by Gasteiger charge is -2.18. The Morgan fingerprint density at radius 2 is 2.17 bits per heavy atom. The Labute approximate surface area is 110 Å². The van der Waals surface area contributed by atoms with Gasteiger partial charge in [0.2, 0.25) is 11.8 Å². The van der Waals surface area contributed by atoms with E-state index in [4.69, 9.17) is 18.0 Å². The average Bonchev–Trinajstić information content (AvgIpc) is 2.63. The van der Waals surface area contributed by atoms with E-state index in [1.807, 2.05) is 0 Å². The maximum atomic E-state index is 11.7. The molecule has 1 rings (SSSR count). The van der Waals surface area contributed by atoms with E-state index >= 15 is 0 Å². The third-order valence-electron chi connectivity index (χ3n) is 2.61. The molecule has 4 amide bonds. The number of imide groups is 1. The molecule has 1 aliphatic heterocycles. The molecule has 1 heterocycles. The summed E-state index contributed by atoms with van der Waals surface area (Å²) in [4.78, 5) is 37.1. The number of urea groups is 1. The highest BCUT2D eigenvalue weighted by molar-refractivity contribution is 7.80. The van der Waals surface area contributed by atoms with Crippen LogP contribution in [-0.2, 0) is 9.59 Å². The van der Waals surface area contributed by atoms with E-state index in [1.165, 1.54) is 4.90 Å². The van der Waals surface area contributed by atoms with Crippen molar-refractivity contribution < 1.29 is 14.4 Å². The van der Waals surface area contributed by atoms with Gasteiger partial charge in [-0.25, -0.2) is 4.79 Å². The summed E-state index contributed by atoms with van der Waals surface area (Å²) in [7, 11) is 1.63. The highest BCUT2D eigenvalue weighted by Gasteiger charge is 2.28. The molecule has 3 N–H and O–H groups in total. The van der Waals surface area contributed by atoms with Gasteiger partial charge in [-0.3, -0.25) is 14.5 Å². The number of nitrogens with two attached hydrogens (primary N) is 1. The van der Waals surface area contributed by atoms with Gasteiger partial charge >= 0.3 is 6.03 Å². The van der Waals surface area contributed by atoms with E-state index in [0.29, 0.717) is 18.0 Å². The van der Waals surface area contributed by atoms with E-state index in [0.717, 1.165) is 4.90 Å². The zero-order valence-electron chi connectivity index (χ0n) is 10.1. The monoisotopic (exact) mass is 272 g/mol. The number of carbonyl (C=O) groups is 3. The number of nitrogens with one attached hydrogen (secondary N) is 1. The minimum Gasteiger partial charge on any atom is -0.393 e. The van der Waals surface area contributed by atoms with E-state index in [1.54, 1.807) is 7.05 Å². The standard InChI is InChI=1S/C10H16N4O3S/c1-13(4-2-7(11)18)8(15)3-5-14-9(16)6-12-10(14)17/h2-6H2,1H3,(H2,11,18)(H,12,17). The Kier molecular flexibility index (Phi) is 5.02. The van der Waals surface area contributed by atoms with Crippen LogP contribution in [0.15, 0.2) is 0 Å². The van der Waals surface area contributed by atoms with Crippen LogP contribution in [0, 0.1) is 0 Å². The van der Waals surface area contributed by atoms with Gasteiger partial charge in [-0.15, -0.1) is 0 Å². The van der Waals surface area contributed by atoms with E-state index < -0.39 is 6.03 Å². The Hall–Kier alpha value is -1.70. The van der Waals surface area contributed by atoms with Crippen LogP contribution >= 0.6 is 12.2 Å². The third kappa shape index (κ3) is 3.95. The molecular weight excluding hydrogens is 256 g/mol. The van der Waals surface area contributed by atoms with Gasteiger partial charge in [0.05, 0.1) is 11.5 Å². The number of carbonyl (C=O) groups excluding carboxylic acids is 3. The lowest BCUT2D eigenvalue weighted by molar-refractivity contribution is -0.130. The van der Waals surface area contributed by atoms with Crippen LogP contribution in [0.4, 0.5) is 4.79 Å². The molecule has 0 aromatic heterocycles. The largest absolute Gasteiger partial charge is 0.393 e. The molecule has 0 atom stereocenters. The quantitative estimate of drug-likeness (QED) is 0.481. The summed E-state index contributed by atoms with van der Waals surface area (Å²) >= 11 is 4.72. The minimum atomic E-state index is -0.446. The van der Waals surface area contributed by atoms with Crippen molar-refractivity contribution in [3.05, 3.63) is 0 Å². The van der Waals surface area contributed by atoms with Crippen molar-refractivity contribution in [1.82, 2.24) is 15.1 Å². The predicted molar refractivity (Wildman–Crippen MR) is 68.8 cm³/mol. The van der Waals surface area contributed by atoms with Gasteiger partial charge < -0.3 is 16.0 Å². The molecule has 100 valence electrons. The summed E-state index contributed by atoms with van der Waals surface area (Å²) in [6.07, 6.45) is 0.563. The van der Waals surface area contributed by atoms with Crippen molar-refractivity contribution in [1.29, 1.82) is 0 Å². The Balaban J connectivity index is 2.34. The normalized spacial score (nSPS) is 14.6. The Morgan fingerprint density at radius 1 is 1.50 bits per heavy atom. The maximum absolute atomic E-state index is 11.7. The summed E-state index contributed by atoms with van der Waals surface area (Å²) in [5.74, 6) is -0.461. The maximum Gasteiger partial charge on any atom is 0.324 e. The van der Waals surface area contributed by atoms with Gasteiger partial charge in [0.1, 0.15) is 0 Å². The highest BCUT2D eigenvalue weighted by Crippen LogP contribution is 2.02. The van der Waals surface area contributed by atoms with E-state index in [-0.39, 0.29) is 31.3 Å². The lowest BCUT2D eigenvalue weighted by atomic mass is 10.3. The number of hydrogen-bond acceptors (Lipinski definition) is 4. The first-order valence-electron chi connectivity index (χ1n) is 5.52. The Morgan fingerprint density at radius 3 is 2.67 bits per heavy atom. The van der Waals surface area contributed by atoms with Crippen LogP contribution in [0.1, 0.15) is 12.8 Å². The first kappa shape index (κ1) is 14.4. The number of hydrogen-bond donors (Lipinski definition) is 2. The molecule has 0 saturated carbocycles. The van der Waals surface area contributed by atoms with Crippen LogP contribution < -0.4 is 11.1 Å². The smallest absolute Gasteiger partial charge is 0.324 e. The van der Waals surface area contributed by atoms with Crippen molar-refractivity contribution in [2.45, 2.75) is 12.8 Å². The summed E-state index contributed by atoms with van der Waals surface area (Å²) in [6, 6.07) is -0.446. The average molecular weight is 272 g/mol. The van der Waals surface area contributed by atoms with Crippen molar-refractivity contribution in [3.63, 3.8) is 0 Å². The summed E-state index contributed by atoms with van der Waals surface area (Å²) < 4.78 is 0. The van der Waals surface area contributed by atoms with Crippen molar-refractivity contribution in [3.8, 4) is 0 Å². The van der Waals surface area contributed by atoms with Gasteiger partial charge in [-0.1, -0.05) is 12.2 Å². The molecule has 0 aromatic carbocycles. The second-order valence-corrected chi connectivity index (χ2v) is 4.51. The molecular formula is C10H16N4O3S. The Bertz CT molecular complexity index is 369. The molecule has 0 radical (unpaired) electrons. The van der Waals surface area contributed by atoms with Gasteiger partial charge in [0.25, 0.3) is 0 Å². The topological polar surface area (TPSA) is 95.7 Å². The third-order valence-corrected chi connectivity index (χ3v) is 2.81. The van der Waals surface area contributed by atoms with Gasteiger partial charge in [0, 0.05) is 33.0 Å². The molecule has 0 spiro atoms. The molecule has 8 heteroatoms. The fraction of sp³-hybridized carbons (Fsp3) is 0.600. The molecule has 1 aliphatic rings. The van der Waals surface area contributed by atoms with Gasteiger partial charge in [-0.2, -0.15) is 0 Å². The summed E-state index contributed by atoms with van der Waals surface area (Å²) in [6.45, 7) is 0.541. The summed E-state index contributed by atoms with van der Waals surface area (Å²) in [5.41, 5.74) is 5.34. The SMILES string of the molecule is CN(CCC(N)=S)C(=O)CCN1C(=O)CNC1=O. The molecule has 0 aromatic rings. The van der Waals surface area contributed by atoms with E-state index in [2.05, 4.69) is 5.32 Å². The number of rotatable bonds is 6. The van der Waals surface area contributed by atoms with Crippen LogP contribution in [0.2, 0.25) is 0 Å². The number of nitrogens with zero attached hydrogens (tertiary/aromatic N) is 2. The van der Waals surface area contributed by atoms with Crippen LogP contribution in [0.3, 0.4) is 0 Å². The molecule has 1 saturated heterocycles. The van der Waals surface area contributed by atoms with Crippen LogP contribution in [0.25, 0.3) is 0 Å². The fourth-order valence-electron chi connectivity index (χ4n) is 1.48. The predicted octanol–water partition coefficient (Wildman–Crippen LogP) is -0.937. The van der Waals surface area contributed by atoms with Crippen molar-refractivity contribution >= 4 is 35.1 Å². The van der Waals surface area contributed by atoms with Gasteiger partial charge in [0.15, 0.2) is 0 Å². The molecule has 0 aliphatic carbocycles. The summed E-state index contributed by atoms with van der Waals surface area (Å²) in [5, 5.41) is 2.39. The first-order valence-corrected chi connectivity index (χ1v) is 5.93. The van der Waals surface area contributed by atoms with Crippen LogP contribution in [0.5, 0.6) is 0 Å². The lowest BCUT2D eigenvalue weighted by Crippen LogP contribution is -2.36. The van der Waals surface area contributed by atoms with Crippen molar-refractivity contribution in [2.24, 2.45) is 5.73 Å². The molecule has 1 fully saturated rings. The highest BCUT2D eigenvalue weighted by atomic mass is 32.1. The second-order valence-electron chi connectivity index (χ2n) is 3.99. The van der Waals surface area contributed by atoms with Gasteiger partial charge in [-0.05, 0) is 0 Å². The molecule has 0 bridgehead atoms.